The summed E-state index contributed by atoms with van der Waals surface area (Å²) in [5.41, 5.74) is 0. The summed E-state index contributed by atoms with van der Waals surface area (Å²) in [6.07, 6.45) is 4.66. The van der Waals surface area contributed by atoms with Crippen molar-refractivity contribution in [3.8, 4) is 0 Å². The predicted molar refractivity (Wildman–Crippen MR) is 63.1 cm³/mol. The standard InChI is InChI=1S/C10H21N2O3P/c13-16(14-7-9-3-1-5-11-9)15-8-10-4-2-6-12-10/h9-13H,1-8H2/t9-,10-/m0/s1. The van der Waals surface area contributed by atoms with Crippen LogP contribution in [0.1, 0.15) is 25.7 Å². The van der Waals surface area contributed by atoms with Gasteiger partial charge in [0.2, 0.25) is 0 Å². The largest absolute Gasteiger partial charge is 0.329 e. The van der Waals surface area contributed by atoms with Crippen LogP contribution in [0.4, 0.5) is 0 Å². The molecule has 0 saturated carbocycles. The van der Waals surface area contributed by atoms with Crippen molar-refractivity contribution in [2.45, 2.75) is 37.8 Å². The highest BCUT2D eigenvalue weighted by Crippen LogP contribution is 2.33. The van der Waals surface area contributed by atoms with Crippen LogP contribution in [0.5, 0.6) is 0 Å². The van der Waals surface area contributed by atoms with Gasteiger partial charge in [-0.2, -0.15) is 0 Å². The Bertz CT molecular complexity index is 177. The smallest absolute Gasteiger partial charge is 0.328 e. The highest BCUT2D eigenvalue weighted by atomic mass is 31.2. The lowest BCUT2D eigenvalue weighted by molar-refractivity contribution is 0.176. The van der Waals surface area contributed by atoms with Crippen LogP contribution in [-0.2, 0) is 9.05 Å². The molecule has 0 aliphatic carbocycles. The second-order valence-electron chi connectivity index (χ2n) is 4.42. The Kier molecular flexibility index (Phi) is 5.42. The minimum Gasteiger partial charge on any atom is -0.328 e. The van der Waals surface area contributed by atoms with E-state index in [1.165, 1.54) is 12.8 Å². The predicted octanol–water partition coefficient (Wildman–Crippen LogP) is 0.743. The van der Waals surface area contributed by atoms with Crippen LogP contribution in [0.3, 0.4) is 0 Å². The van der Waals surface area contributed by atoms with Crippen molar-refractivity contribution in [1.29, 1.82) is 0 Å². The zero-order valence-corrected chi connectivity index (χ0v) is 10.4. The van der Waals surface area contributed by atoms with Crippen LogP contribution in [-0.4, -0.2) is 43.3 Å². The Hall–Kier alpha value is 0.230. The second kappa shape index (κ2) is 6.84. The molecule has 6 heteroatoms. The fraction of sp³-hybridized carbons (Fsp3) is 1.00. The summed E-state index contributed by atoms with van der Waals surface area (Å²) in [5.74, 6) is 0. The number of hydrogen-bond donors (Lipinski definition) is 3. The van der Waals surface area contributed by atoms with Crippen LogP contribution in [0.25, 0.3) is 0 Å². The highest BCUT2D eigenvalue weighted by molar-refractivity contribution is 7.40. The van der Waals surface area contributed by atoms with Gasteiger partial charge in [-0.15, -0.1) is 0 Å². The molecule has 2 aliphatic rings. The molecule has 0 aromatic rings. The molecule has 16 heavy (non-hydrogen) atoms. The number of hydrogen-bond acceptors (Lipinski definition) is 5. The molecule has 0 amide bonds. The average Bonchev–Trinajstić information content (AvgIpc) is 2.96. The lowest BCUT2D eigenvalue weighted by Crippen LogP contribution is -2.27. The maximum Gasteiger partial charge on any atom is 0.329 e. The first kappa shape index (κ1) is 12.7. The van der Waals surface area contributed by atoms with Crippen molar-refractivity contribution < 1.29 is 13.9 Å². The Balaban J connectivity index is 1.51. The summed E-state index contributed by atoms with van der Waals surface area (Å²) in [6.45, 7) is 3.23. The van der Waals surface area contributed by atoms with Crippen LogP contribution >= 0.6 is 8.60 Å². The number of rotatable bonds is 6. The fourth-order valence-corrected chi connectivity index (χ4v) is 2.83. The fourth-order valence-electron chi connectivity index (χ4n) is 2.14. The Morgan fingerprint density at radius 1 is 1.00 bits per heavy atom. The molecule has 2 saturated heterocycles. The van der Waals surface area contributed by atoms with E-state index in [1.807, 2.05) is 0 Å². The second-order valence-corrected chi connectivity index (χ2v) is 5.41. The molecule has 5 nitrogen and oxygen atoms in total. The van der Waals surface area contributed by atoms with Gasteiger partial charge in [0, 0.05) is 12.1 Å². The Morgan fingerprint density at radius 3 is 1.88 bits per heavy atom. The first-order chi connectivity index (χ1) is 7.84. The van der Waals surface area contributed by atoms with Crippen molar-refractivity contribution >= 4 is 8.60 Å². The molecule has 0 radical (unpaired) electrons. The van der Waals surface area contributed by atoms with Crippen LogP contribution in [0, 0.1) is 0 Å². The molecule has 2 fully saturated rings. The van der Waals surface area contributed by atoms with E-state index in [1.54, 1.807) is 0 Å². The third-order valence-corrected chi connectivity index (χ3v) is 3.84. The van der Waals surface area contributed by atoms with Gasteiger partial charge in [-0.3, -0.25) is 0 Å². The van der Waals surface area contributed by atoms with E-state index in [-0.39, 0.29) is 0 Å². The first-order valence-corrected chi connectivity index (χ1v) is 7.19. The molecule has 2 aliphatic heterocycles. The lowest BCUT2D eigenvalue weighted by Gasteiger charge is -2.16. The molecule has 0 bridgehead atoms. The highest BCUT2D eigenvalue weighted by Gasteiger charge is 2.19. The Labute approximate surface area is 97.9 Å². The molecular formula is C10H21N2O3P. The van der Waals surface area contributed by atoms with E-state index in [4.69, 9.17) is 9.05 Å². The zero-order valence-electron chi connectivity index (χ0n) is 9.52. The maximum absolute atomic E-state index is 9.53. The molecule has 3 N–H and O–H groups in total. The number of nitrogens with one attached hydrogen (secondary N) is 2. The molecule has 0 unspecified atom stereocenters. The topological polar surface area (TPSA) is 62.8 Å². The van der Waals surface area contributed by atoms with Gasteiger partial charge in [0.05, 0.1) is 13.2 Å². The molecule has 2 atom stereocenters. The van der Waals surface area contributed by atoms with Gasteiger partial charge in [0.15, 0.2) is 0 Å². The van der Waals surface area contributed by atoms with Crippen molar-refractivity contribution in [2.75, 3.05) is 26.3 Å². The van der Waals surface area contributed by atoms with Crippen LogP contribution < -0.4 is 10.6 Å². The van der Waals surface area contributed by atoms with E-state index in [2.05, 4.69) is 10.6 Å². The van der Waals surface area contributed by atoms with Crippen LogP contribution in [0.15, 0.2) is 0 Å². The zero-order chi connectivity index (χ0) is 11.2. The maximum atomic E-state index is 9.53. The SMILES string of the molecule is OP(OC[C@@H]1CCCN1)OC[C@@H]1CCCN1. The van der Waals surface area contributed by atoms with Crippen LogP contribution in [0.2, 0.25) is 0 Å². The molecule has 2 heterocycles. The first-order valence-electron chi connectivity index (χ1n) is 6.06. The molecular weight excluding hydrogens is 227 g/mol. The van der Waals surface area contributed by atoms with Gasteiger partial charge < -0.3 is 24.6 Å². The Morgan fingerprint density at radius 2 is 1.50 bits per heavy atom. The third-order valence-electron chi connectivity index (χ3n) is 3.10. The minimum absolute atomic E-state index is 0.394. The summed E-state index contributed by atoms with van der Waals surface area (Å²) >= 11 is 0. The molecule has 2 rings (SSSR count). The average molecular weight is 248 g/mol. The normalized spacial score (nSPS) is 30.4. The summed E-state index contributed by atoms with van der Waals surface area (Å²) in [7, 11) is -1.69. The van der Waals surface area contributed by atoms with Gasteiger partial charge in [-0.1, -0.05) is 0 Å². The van der Waals surface area contributed by atoms with Crippen molar-refractivity contribution in [2.24, 2.45) is 0 Å². The van der Waals surface area contributed by atoms with Crippen molar-refractivity contribution in [1.82, 2.24) is 10.6 Å². The third kappa shape index (κ3) is 4.24. The van der Waals surface area contributed by atoms with E-state index in [0.717, 1.165) is 25.9 Å². The van der Waals surface area contributed by atoms with E-state index >= 15 is 0 Å². The summed E-state index contributed by atoms with van der Waals surface area (Å²) < 4.78 is 10.6. The van der Waals surface area contributed by atoms with Gasteiger partial charge in [0.1, 0.15) is 0 Å². The van der Waals surface area contributed by atoms with Gasteiger partial charge in [-0.25, -0.2) is 0 Å². The van der Waals surface area contributed by atoms with Gasteiger partial charge in [-0.05, 0) is 38.8 Å². The summed E-state index contributed by atoms with van der Waals surface area (Å²) in [6, 6.07) is 0.788. The van der Waals surface area contributed by atoms with E-state index in [9.17, 15) is 4.89 Å². The minimum atomic E-state index is -1.69. The van der Waals surface area contributed by atoms with Gasteiger partial charge in [0.25, 0.3) is 0 Å². The molecule has 0 spiro atoms. The monoisotopic (exact) mass is 248 g/mol. The van der Waals surface area contributed by atoms with E-state index in [0.29, 0.717) is 25.3 Å². The van der Waals surface area contributed by atoms with Crippen molar-refractivity contribution in [3.63, 3.8) is 0 Å². The molecule has 0 aromatic heterocycles. The van der Waals surface area contributed by atoms with Gasteiger partial charge >= 0.3 is 8.60 Å². The summed E-state index contributed by atoms with van der Waals surface area (Å²) in [5, 5.41) is 6.63. The quantitative estimate of drug-likeness (QED) is 0.605. The van der Waals surface area contributed by atoms with Crippen molar-refractivity contribution in [3.05, 3.63) is 0 Å². The lowest BCUT2D eigenvalue weighted by atomic mass is 10.2. The molecule has 94 valence electrons. The van der Waals surface area contributed by atoms with E-state index < -0.39 is 8.60 Å². The summed E-state index contributed by atoms with van der Waals surface area (Å²) in [4.78, 5) is 9.53. The molecule has 0 aromatic carbocycles.